The number of nitrogen functional groups attached to an aromatic ring is 1. The molecule has 0 unspecified atom stereocenters. The van der Waals surface area contributed by atoms with E-state index in [-0.39, 0.29) is 5.91 Å². The number of nitrogens with two attached hydrogens (primary N) is 1. The van der Waals surface area contributed by atoms with Crippen molar-refractivity contribution in [3.05, 3.63) is 58.1 Å². The van der Waals surface area contributed by atoms with Crippen LogP contribution in [0.15, 0.2) is 30.3 Å². The van der Waals surface area contributed by atoms with E-state index in [9.17, 15) is 4.79 Å². The Morgan fingerprint density at radius 3 is 2.35 bits per heavy atom. The van der Waals surface area contributed by atoms with Crippen molar-refractivity contribution in [2.24, 2.45) is 0 Å². The van der Waals surface area contributed by atoms with Crippen molar-refractivity contribution in [3.8, 4) is 0 Å². The molecule has 0 aliphatic heterocycles. The van der Waals surface area contributed by atoms with Crippen LogP contribution in [0.3, 0.4) is 0 Å². The zero-order valence-corrected chi connectivity index (χ0v) is 12.4. The van der Waals surface area contributed by atoms with E-state index >= 15 is 0 Å². The number of hydrogen-bond donors (Lipinski definition) is 2. The van der Waals surface area contributed by atoms with Crippen LogP contribution in [0.4, 0.5) is 11.4 Å². The lowest BCUT2D eigenvalue weighted by Crippen LogP contribution is -2.16. The highest BCUT2D eigenvalue weighted by Crippen LogP contribution is 2.26. The third-order valence-electron chi connectivity index (χ3n) is 3.64. The maximum absolute atomic E-state index is 12.4. The van der Waals surface area contributed by atoms with Crippen molar-refractivity contribution < 1.29 is 4.79 Å². The van der Waals surface area contributed by atoms with Gasteiger partial charge in [-0.1, -0.05) is 23.8 Å². The van der Waals surface area contributed by atoms with E-state index in [4.69, 9.17) is 5.73 Å². The zero-order valence-electron chi connectivity index (χ0n) is 12.4. The van der Waals surface area contributed by atoms with Gasteiger partial charge in [0.1, 0.15) is 0 Å². The Balaban J connectivity index is 2.38. The molecule has 3 N–H and O–H groups in total. The highest BCUT2D eigenvalue weighted by atomic mass is 16.1. The number of anilines is 2. The van der Waals surface area contributed by atoms with Gasteiger partial charge in [0.25, 0.3) is 5.91 Å². The highest BCUT2D eigenvalue weighted by Gasteiger charge is 2.13. The van der Waals surface area contributed by atoms with Crippen LogP contribution in [0.1, 0.15) is 32.6 Å². The molecule has 0 aromatic heterocycles. The SMILES string of the molecule is Cc1ccc(C)c(C(=O)Nc2c(N)ccc(C)c2C)c1. The van der Waals surface area contributed by atoms with Crippen LogP contribution >= 0.6 is 0 Å². The molecule has 20 heavy (non-hydrogen) atoms. The number of rotatable bonds is 2. The standard InChI is InChI=1S/C17H20N2O/c1-10-5-6-12(3)14(9-10)17(20)19-16-13(4)11(2)7-8-15(16)18/h5-9H,18H2,1-4H3,(H,19,20). The summed E-state index contributed by atoms with van der Waals surface area (Å²) in [6, 6.07) is 9.63. The van der Waals surface area contributed by atoms with Crippen LogP contribution in [-0.2, 0) is 0 Å². The van der Waals surface area contributed by atoms with Gasteiger partial charge in [-0.05, 0) is 56.5 Å². The fourth-order valence-corrected chi connectivity index (χ4v) is 2.16. The lowest BCUT2D eigenvalue weighted by atomic mass is 10.0. The molecule has 0 heterocycles. The maximum atomic E-state index is 12.4. The first-order valence-electron chi connectivity index (χ1n) is 6.64. The molecule has 0 saturated carbocycles. The first kappa shape index (κ1) is 14.1. The number of aryl methyl sites for hydroxylation is 3. The number of benzene rings is 2. The summed E-state index contributed by atoms with van der Waals surface area (Å²) < 4.78 is 0. The molecule has 0 aliphatic carbocycles. The molecular formula is C17H20N2O. The largest absolute Gasteiger partial charge is 0.397 e. The molecule has 0 bridgehead atoms. The monoisotopic (exact) mass is 268 g/mol. The number of amides is 1. The first-order valence-corrected chi connectivity index (χ1v) is 6.64. The second kappa shape index (κ2) is 5.37. The predicted molar refractivity (Wildman–Crippen MR) is 84.2 cm³/mol. The lowest BCUT2D eigenvalue weighted by molar-refractivity contribution is 0.102. The third kappa shape index (κ3) is 2.67. The fourth-order valence-electron chi connectivity index (χ4n) is 2.16. The Kier molecular flexibility index (Phi) is 3.79. The number of carbonyl (C=O) groups is 1. The molecule has 2 aromatic rings. The van der Waals surface area contributed by atoms with Crippen LogP contribution in [0, 0.1) is 27.7 Å². The maximum Gasteiger partial charge on any atom is 0.256 e. The van der Waals surface area contributed by atoms with Crippen LogP contribution in [0.25, 0.3) is 0 Å². The minimum atomic E-state index is -0.119. The van der Waals surface area contributed by atoms with E-state index in [0.717, 1.165) is 22.3 Å². The predicted octanol–water partition coefficient (Wildman–Crippen LogP) is 3.75. The summed E-state index contributed by atoms with van der Waals surface area (Å²) in [5, 5.41) is 2.94. The third-order valence-corrected chi connectivity index (χ3v) is 3.64. The topological polar surface area (TPSA) is 55.1 Å². The highest BCUT2D eigenvalue weighted by molar-refractivity contribution is 6.07. The molecule has 0 atom stereocenters. The van der Waals surface area contributed by atoms with Gasteiger partial charge in [0.2, 0.25) is 0 Å². The molecule has 2 aromatic carbocycles. The van der Waals surface area contributed by atoms with Gasteiger partial charge in [-0.15, -0.1) is 0 Å². The Morgan fingerprint density at radius 2 is 1.65 bits per heavy atom. The second-order valence-electron chi connectivity index (χ2n) is 5.24. The summed E-state index contributed by atoms with van der Waals surface area (Å²) in [7, 11) is 0. The normalized spacial score (nSPS) is 10.4. The molecular weight excluding hydrogens is 248 g/mol. The molecule has 2 rings (SSSR count). The Morgan fingerprint density at radius 1 is 1.00 bits per heavy atom. The Labute approximate surface area is 119 Å². The minimum absolute atomic E-state index is 0.119. The summed E-state index contributed by atoms with van der Waals surface area (Å²) in [4.78, 5) is 12.4. The van der Waals surface area contributed by atoms with Crippen LogP contribution in [0.2, 0.25) is 0 Å². The van der Waals surface area contributed by atoms with Gasteiger partial charge in [-0.25, -0.2) is 0 Å². The van der Waals surface area contributed by atoms with Crippen LogP contribution < -0.4 is 11.1 Å². The summed E-state index contributed by atoms with van der Waals surface area (Å²) in [6.45, 7) is 7.87. The minimum Gasteiger partial charge on any atom is -0.397 e. The summed E-state index contributed by atoms with van der Waals surface area (Å²) in [5.41, 5.74) is 12.1. The molecule has 0 spiro atoms. The van der Waals surface area contributed by atoms with E-state index < -0.39 is 0 Å². The lowest BCUT2D eigenvalue weighted by Gasteiger charge is -2.14. The van der Waals surface area contributed by atoms with E-state index in [1.807, 2.05) is 58.0 Å². The van der Waals surface area contributed by atoms with Gasteiger partial charge in [0.15, 0.2) is 0 Å². The van der Waals surface area contributed by atoms with Crippen LogP contribution in [-0.4, -0.2) is 5.91 Å². The van der Waals surface area contributed by atoms with E-state index in [2.05, 4.69) is 5.32 Å². The fraction of sp³-hybridized carbons (Fsp3) is 0.235. The molecule has 1 amide bonds. The molecule has 3 nitrogen and oxygen atoms in total. The van der Waals surface area contributed by atoms with Gasteiger partial charge in [-0.3, -0.25) is 4.79 Å². The van der Waals surface area contributed by atoms with Crippen LogP contribution in [0.5, 0.6) is 0 Å². The van der Waals surface area contributed by atoms with Gasteiger partial charge in [0, 0.05) is 5.56 Å². The van der Waals surface area contributed by atoms with Crippen molar-refractivity contribution in [1.29, 1.82) is 0 Å². The zero-order chi connectivity index (χ0) is 14.9. The average Bonchev–Trinajstić information content (AvgIpc) is 2.41. The first-order chi connectivity index (χ1) is 9.40. The molecule has 0 saturated heterocycles. The second-order valence-corrected chi connectivity index (χ2v) is 5.24. The average molecular weight is 268 g/mol. The molecule has 0 fully saturated rings. The van der Waals surface area contributed by atoms with Crippen molar-refractivity contribution in [2.45, 2.75) is 27.7 Å². The van der Waals surface area contributed by atoms with Crippen molar-refractivity contribution in [1.82, 2.24) is 0 Å². The van der Waals surface area contributed by atoms with Crippen molar-refractivity contribution >= 4 is 17.3 Å². The molecule has 0 radical (unpaired) electrons. The Bertz CT molecular complexity index is 675. The smallest absolute Gasteiger partial charge is 0.256 e. The van der Waals surface area contributed by atoms with Crippen molar-refractivity contribution in [3.63, 3.8) is 0 Å². The van der Waals surface area contributed by atoms with Gasteiger partial charge >= 0.3 is 0 Å². The van der Waals surface area contributed by atoms with Gasteiger partial charge in [-0.2, -0.15) is 0 Å². The molecule has 3 heteroatoms. The summed E-state index contributed by atoms with van der Waals surface area (Å²) in [5.74, 6) is -0.119. The number of carbonyl (C=O) groups excluding carboxylic acids is 1. The molecule has 104 valence electrons. The quantitative estimate of drug-likeness (QED) is 0.815. The van der Waals surface area contributed by atoms with Crippen molar-refractivity contribution in [2.75, 3.05) is 11.1 Å². The van der Waals surface area contributed by atoms with Gasteiger partial charge < -0.3 is 11.1 Å². The number of hydrogen-bond acceptors (Lipinski definition) is 2. The number of nitrogens with one attached hydrogen (secondary N) is 1. The summed E-state index contributed by atoms with van der Waals surface area (Å²) in [6.07, 6.45) is 0. The van der Waals surface area contributed by atoms with E-state index in [0.29, 0.717) is 16.9 Å². The molecule has 0 aliphatic rings. The Hall–Kier alpha value is -2.29. The van der Waals surface area contributed by atoms with E-state index in [1.165, 1.54) is 0 Å². The van der Waals surface area contributed by atoms with Gasteiger partial charge in [0.05, 0.1) is 11.4 Å². The summed E-state index contributed by atoms with van der Waals surface area (Å²) >= 11 is 0. The van der Waals surface area contributed by atoms with E-state index in [1.54, 1.807) is 0 Å².